The van der Waals surface area contributed by atoms with Crippen molar-refractivity contribution in [2.45, 2.75) is 32.4 Å². The number of nitrogens with one attached hydrogen (secondary N) is 1. The molecule has 30 heavy (non-hydrogen) atoms. The molecule has 0 spiro atoms. The summed E-state index contributed by atoms with van der Waals surface area (Å²) in [4.78, 5) is 12.7. The molecule has 158 valence electrons. The lowest BCUT2D eigenvalue weighted by molar-refractivity contribution is 0.0669. The van der Waals surface area contributed by atoms with Crippen molar-refractivity contribution in [2.75, 3.05) is 20.3 Å². The Kier molecular flexibility index (Phi) is 6.29. The summed E-state index contributed by atoms with van der Waals surface area (Å²) in [5, 5.41) is 3.84. The van der Waals surface area contributed by atoms with E-state index in [1.54, 1.807) is 7.11 Å². The molecular weight excluding hydrogens is 450 g/mol. The Balaban J connectivity index is 1.41. The molecule has 1 amide bonds. The van der Waals surface area contributed by atoms with Crippen molar-refractivity contribution in [3.8, 4) is 11.5 Å². The van der Waals surface area contributed by atoms with Crippen molar-refractivity contribution >= 4 is 32.8 Å². The zero-order chi connectivity index (χ0) is 21.1. The van der Waals surface area contributed by atoms with E-state index >= 15 is 0 Å². The Bertz CT molecular complexity index is 1060. The van der Waals surface area contributed by atoms with Gasteiger partial charge in [0, 0.05) is 28.6 Å². The summed E-state index contributed by atoms with van der Waals surface area (Å²) in [6, 6.07) is 11.3. The third kappa shape index (κ3) is 4.47. The number of carbonyl (C=O) groups is 1. The Morgan fingerprint density at radius 2 is 2.10 bits per heavy atom. The molecule has 1 aliphatic heterocycles. The number of hydrogen-bond acceptors (Lipinski definition) is 5. The van der Waals surface area contributed by atoms with Crippen LogP contribution in [0.25, 0.3) is 11.0 Å². The second-order valence-electron chi connectivity index (χ2n) is 7.31. The van der Waals surface area contributed by atoms with Gasteiger partial charge in [0.25, 0.3) is 5.91 Å². The van der Waals surface area contributed by atoms with Gasteiger partial charge in [0.1, 0.15) is 12.2 Å². The summed E-state index contributed by atoms with van der Waals surface area (Å²) < 4.78 is 23.6. The van der Waals surface area contributed by atoms with E-state index in [9.17, 15) is 4.79 Å². The number of benzene rings is 2. The number of fused-ring (bicyclic) bond motifs is 1. The Morgan fingerprint density at radius 3 is 2.87 bits per heavy atom. The molecule has 1 aliphatic rings. The van der Waals surface area contributed by atoms with Gasteiger partial charge >= 0.3 is 0 Å². The maximum Gasteiger partial charge on any atom is 0.287 e. The molecule has 0 saturated carbocycles. The summed E-state index contributed by atoms with van der Waals surface area (Å²) >= 11 is 3.45. The van der Waals surface area contributed by atoms with Gasteiger partial charge in [-0.15, -0.1) is 0 Å². The average Bonchev–Trinajstić information content (AvgIpc) is 3.39. The van der Waals surface area contributed by atoms with Crippen LogP contribution < -0.4 is 14.8 Å². The van der Waals surface area contributed by atoms with Crippen LogP contribution in [0.3, 0.4) is 0 Å². The molecule has 4 rings (SSSR count). The zero-order valence-corrected chi connectivity index (χ0v) is 18.6. The molecule has 1 fully saturated rings. The summed E-state index contributed by atoms with van der Waals surface area (Å²) in [7, 11) is 1.60. The van der Waals surface area contributed by atoms with Crippen LogP contribution in [0.2, 0.25) is 0 Å². The lowest BCUT2D eigenvalue weighted by Crippen LogP contribution is -2.23. The lowest BCUT2D eigenvalue weighted by Gasteiger charge is -2.15. The van der Waals surface area contributed by atoms with E-state index in [4.69, 9.17) is 18.6 Å². The van der Waals surface area contributed by atoms with Crippen LogP contribution in [0.1, 0.15) is 34.5 Å². The minimum absolute atomic E-state index is 0.140. The third-order valence-corrected chi connectivity index (χ3v) is 5.73. The van der Waals surface area contributed by atoms with E-state index in [0.29, 0.717) is 36.0 Å². The Hall–Kier alpha value is -2.51. The molecule has 1 unspecified atom stereocenters. The maximum atomic E-state index is 12.7. The van der Waals surface area contributed by atoms with E-state index in [0.717, 1.165) is 40.4 Å². The number of hydrogen-bond donors (Lipinski definition) is 1. The van der Waals surface area contributed by atoms with Crippen molar-refractivity contribution in [3.05, 3.63) is 57.8 Å². The summed E-state index contributed by atoms with van der Waals surface area (Å²) in [6.07, 6.45) is 2.23. The lowest BCUT2D eigenvalue weighted by atomic mass is 10.1. The highest BCUT2D eigenvalue weighted by molar-refractivity contribution is 9.10. The normalized spacial score (nSPS) is 16.0. The van der Waals surface area contributed by atoms with Crippen molar-refractivity contribution in [1.82, 2.24) is 5.32 Å². The summed E-state index contributed by atoms with van der Waals surface area (Å²) in [5.41, 5.74) is 2.41. The van der Waals surface area contributed by atoms with Gasteiger partial charge in [0.15, 0.2) is 17.3 Å². The van der Waals surface area contributed by atoms with Gasteiger partial charge in [-0.1, -0.05) is 22.0 Å². The topological polar surface area (TPSA) is 69.9 Å². The van der Waals surface area contributed by atoms with Crippen molar-refractivity contribution < 1.29 is 23.4 Å². The number of furan rings is 1. The predicted molar refractivity (Wildman–Crippen MR) is 117 cm³/mol. The minimum Gasteiger partial charge on any atom is -0.493 e. The number of methoxy groups -OCH3 is 1. The second-order valence-corrected chi connectivity index (χ2v) is 8.23. The average molecular weight is 474 g/mol. The minimum atomic E-state index is -0.252. The highest BCUT2D eigenvalue weighted by Crippen LogP contribution is 2.30. The molecule has 1 N–H and O–H groups in total. The highest BCUT2D eigenvalue weighted by atomic mass is 79.9. The first-order valence-electron chi connectivity index (χ1n) is 9.93. The molecule has 6 nitrogen and oxygen atoms in total. The fourth-order valence-electron chi connectivity index (χ4n) is 3.57. The Labute approximate surface area is 183 Å². The van der Waals surface area contributed by atoms with Crippen LogP contribution in [0.4, 0.5) is 0 Å². The van der Waals surface area contributed by atoms with Gasteiger partial charge in [-0.2, -0.15) is 0 Å². The number of amides is 1. The molecule has 1 atom stereocenters. The van der Waals surface area contributed by atoms with Crippen LogP contribution in [0, 0.1) is 6.92 Å². The molecule has 3 aromatic rings. The molecule has 1 saturated heterocycles. The molecule has 7 heteroatoms. The van der Waals surface area contributed by atoms with Crippen LogP contribution in [-0.4, -0.2) is 32.3 Å². The number of ether oxygens (including phenoxy) is 3. The summed E-state index contributed by atoms with van der Waals surface area (Å²) in [6.45, 7) is 3.54. The van der Waals surface area contributed by atoms with Crippen molar-refractivity contribution in [3.63, 3.8) is 0 Å². The smallest absolute Gasteiger partial charge is 0.287 e. The van der Waals surface area contributed by atoms with Crippen LogP contribution in [0.15, 0.2) is 45.3 Å². The van der Waals surface area contributed by atoms with E-state index < -0.39 is 0 Å². The fourth-order valence-corrected chi connectivity index (χ4v) is 3.93. The molecule has 2 aromatic carbocycles. The molecule has 0 bridgehead atoms. The van der Waals surface area contributed by atoms with Crippen LogP contribution in [0.5, 0.6) is 11.5 Å². The number of halogens is 1. The van der Waals surface area contributed by atoms with Gasteiger partial charge < -0.3 is 23.9 Å². The van der Waals surface area contributed by atoms with Gasteiger partial charge in [-0.3, -0.25) is 4.79 Å². The van der Waals surface area contributed by atoms with Crippen LogP contribution >= 0.6 is 15.9 Å². The van der Waals surface area contributed by atoms with Crippen LogP contribution in [-0.2, 0) is 11.3 Å². The zero-order valence-electron chi connectivity index (χ0n) is 17.0. The van der Waals surface area contributed by atoms with Gasteiger partial charge in [0.2, 0.25) is 0 Å². The SMILES string of the molecule is COc1cc(CNC(=O)c2oc3ccc(Br)cc3c2C)ccc1OCC1CCCO1. The first kappa shape index (κ1) is 20.8. The second kappa shape index (κ2) is 9.10. The first-order chi connectivity index (χ1) is 14.5. The Morgan fingerprint density at radius 1 is 1.23 bits per heavy atom. The third-order valence-electron chi connectivity index (χ3n) is 5.23. The number of aryl methyl sites for hydroxylation is 1. The quantitative estimate of drug-likeness (QED) is 0.522. The molecule has 0 aliphatic carbocycles. The largest absolute Gasteiger partial charge is 0.493 e. The standard InChI is InChI=1S/C23H24BrNO5/c1-14-18-11-16(24)6-8-19(18)30-22(14)23(26)25-12-15-5-7-20(21(10-15)27-2)29-13-17-4-3-9-28-17/h5-8,10-11,17H,3-4,9,12-13H2,1-2H3,(H,25,26). The van der Waals surface area contributed by atoms with Crippen molar-refractivity contribution in [2.24, 2.45) is 0 Å². The fraction of sp³-hybridized carbons (Fsp3) is 0.348. The van der Waals surface area contributed by atoms with E-state index in [1.807, 2.05) is 43.3 Å². The molecule has 2 heterocycles. The monoisotopic (exact) mass is 473 g/mol. The van der Waals surface area contributed by atoms with E-state index in [1.165, 1.54) is 0 Å². The number of carbonyl (C=O) groups excluding carboxylic acids is 1. The van der Waals surface area contributed by atoms with Gasteiger partial charge in [-0.25, -0.2) is 0 Å². The number of rotatable bonds is 7. The maximum absolute atomic E-state index is 12.7. The first-order valence-corrected chi connectivity index (χ1v) is 10.7. The van der Waals surface area contributed by atoms with Gasteiger partial charge in [-0.05, 0) is 55.7 Å². The molecular formula is C23H24BrNO5. The van der Waals surface area contributed by atoms with E-state index in [-0.39, 0.29) is 12.0 Å². The van der Waals surface area contributed by atoms with Crippen molar-refractivity contribution in [1.29, 1.82) is 0 Å². The molecule has 0 radical (unpaired) electrons. The van der Waals surface area contributed by atoms with E-state index in [2.05, 4.69) is 21.2 Å². The highest BCUT2D eigenvalue weighted by Gasteiger charge is 2.19. The predicted octanol–water partition coefficient (Wildman–Crippen LogP) is 5.00. The summed E-state index contributed by atoms with van der Waals surface area (Å²) in [5.74, 6) is 1.37. The van der Waals surface area contributed by atoms with Gasteiger partial charge in [0.05, 0.1) is 13.2 Å². The molecule has 1 aromatic heterocycles.